The number of anilines is 1. The van der Waals surface area contributed by atoms with Crippen molar-refractivity contribution in [1.29, 1.82) is 0 Å². The van der Waals surface area contributed by atoms with Crippen LogP contribution in [-0.2, 0) is 0 Å². The molecule has 0 amide bonds. The number of nitrogens with one attached hydrogen (secondary N) is 1. The predicted octanol–water partition coefficient (Wildman–Crippen LogP) is 5.22. The highest BCUT2D eigenvalue weighted by molar-refractivity contribution is 6.30. The number of halogens is 1. The van der Waals surface area contributed by atoms with Crippen LogP contribution >= 0.6 is 11.6 Å². The van der Waals surface area contributed by atoms with Crippen LogP contribution in [0.1, 0.15) is 30.0 Å². The summed E-state index contributed by atoms with van der Waals surface area (Å²) < 4.78 is 5.24. The summed E-state index contributed by atoms with van der Waals surface area (Å²) in [7, 11) is 1.70. The molecule has 3 rings (SSSR count). The van der Waals surface area contributed by atoms with Gasteiger partial charge in [-0.15, -0.1) is 0 Å². The molecular weight excluding hydrogens is 282 g/mol. The van der Waals surface area contributed by atoms with Gasteiger partial charge in [-0.25, -0.2) is 0 Å². The molecule has 2 aromatic rings. The van der Waals surface area contributed by atoms with E-state index in [0.29, 0.717) is 12.0 Å². The fraction of sp³-hybridized carbons (Fsp3) is 0.333. The maximum atomic E-state index is 6.12. The summed E-state index contributed by atoms with van der Waals surface area (Å²) in [4.78, 5) is 0. The lowest BCUT2D eigenvalue weighted by Crippen LogP contribution is -2.13. The Balaban J connectivity index is 1.86. The number of rotatable bonds is 5. The molecule has 0 heterocycles. The average Bonchev–Trinajstić information content (AvgIpc) is 3.33. The Morgan fingerprint density at radius 2 is 1.86 bits per heavy atom. The second-order valence-electron chi connectivity index (χ2n) is 5.69. The second kappa shape index (κ2) is 5.98. The van der Waals surface area contributed by atoms with E-state index in [1.807, 2.05) is 24.3 Å². The van der Waals surface area contributed by atoms with Crippen LogP contribution in [0.2, 0.25) is 5.02 Å². The summed E-state index contributed by atoms with van der Waals surface area (Å²) in [6, 6.07) is 14.7. The number of hydrogen-bond acceptors (Lipinski definition) is 2. The molecule has 1 saturated carbocycles. The van der Waals surface area contributed by atoms with Gasteiger partial charge in [-0.2, -0.15) is 0 Å². The number of methoxy groups -OCH3 is 1. The Labute approximate surface area is 131 Å². The van der Waals surface area contributed by atoms with Gasteiger partial charge >= 0.3 is 0 Å². The zero-order chi connectivity index (χ0) is 14.8. The SMILES string of the molecule is COc1ccc(C(Nc2cc(Cl)ccc2C)C2CC2)cc1. The molecule has 2 nitrogen and oxygen atoms in total. The minimum atomic E-state index is 0.341. The predicted molar refractivity (Wildman–Crippen MR) is 88.3 cm³/mol. The fourth-order valence-electron chi connectivity index (χ4n) is 2.63. The Kier molecular flexibility index (Phi) is 4.07. The van der Waals surface area contributed by atoms with Gasteiger partial charge in [0.2, 0.25) is 0 Å². The van der Waals surface area contributed by atoms with E-state index in [1.54, 1.807) is 7.11 Å². The Morgan fingerprint density at radius 3 is 2.48 bits per heavy atom. The maximum absolute atomic E-state index is 6.12. The number of aryl methyl sites for hydroxylation is 1. The van der Waals surface area contributed by atoms with Gasteiger partial charge in [-0.3, -0.25) is 0 Å². The molecule has 0 aromatic heterocycles. The first-order valence-electron chi connectivity index (χ1n) is 7.34. The van der Waals surface area contributed by atoms with Crippen LogP contribution in [0, 0.1) is 12.8 Å². The van der Waals surface area contributed by atoms with Crippen LogP contribution in [-0.4, -0.2) is 7.11 Å². The smallest absolute Gasteiger partial charge is 0.118 e. The molecule has 0 saturated heterocycles. The summed E-state index contributed by atoms with van der Waals surface area (Å²) in [5, 5.41) is 4.45. The minimum Gasteiger partial charge on any atom is -0.497 e. The normalized spacial score (nSPS) is 15.6. The first-order chi connectivity index (χ1) is 10.2. The molecule has 0 spiro atoms. The Bertz CT molecular complexity index is 620. The summed E-state index contributed by atoms with van der Waals surface area (Å²) in [6.45, 7) is 2.11. The Morgan fingerprint density at radius 1 is 1.14 bits per heavy atom. The van der Waals surface area contributed by atoms with Gasteiger partial charge in [-0.1, -0.05) is 29.8 Å². The fourth-order valence-corrected chi connectivity index (χ4v) is 2.80. The minimum absolute atomic E-state index is 0.341. The molecule has 1 atom stereocenters. The van der Waals surface area contributed by atoms with Crippen LogP contribution in [0.3, 0.4) is 0 Å². The lowest BCUT2D eigenvalue weighted by atomic mass is 10.0. The van der Waals surface area contributed by atoms with E-state index in [-0.39, 0.29) is 0 Å². The standard InChI is InChI=1S/C18H20ClNO/c1-12-3-8-15(19)11-17(12)20-18(13-4-5-13)14-6-9-16(21-2)10-7-14/h3,6-11,13,18,20H,4-5H2,1-2H3. The molecule has 1 fully saturated rings. The van der Waals surface area contributed by atoms with Crippen molar-refractivity contribution in [2.45, 2.75) is 25.8 Å². The zero-order valence-corrected chi connectivity index (χ0v) is 13.2. The van der Waals surface area contributed by atoms with E-state index in [9.17, 15) is 0 Å². The summed E-state index contributed by atoms with van der Waals surface area (Å²) >= 11 is 6.12. The van der Waals surface area contributed by atoms with Crippen molar-refractivity contribution in [2.24, 2.45) is 5.92 Å². The summed E-state index contributed by atoms with van der Waals surface area (Å²) in [6.07, 6.45) is 2.56. The van der Waals surface area contributed by atoms with Crippen LogP contribution in [0.4, 0.5) is 5.69 Å². The van der Waals surface area contributed by atoms with Gasteiger partial charge in [0.1, 0.15) is 5.75 Å². The third-order valence-corrected chi connectivity index (χ3v) is 4.31. The molecule has 0 bridgehead atoms. The van der Waals surface area contributed by atoms with Crippen LogP contribution in [0.25, 0.3) is 0 Å². The van der Waals surface area contributed by atoms with E-state index >= 15 is 0 Å². The quantitative estimate of drug-likeness (QED) is 0.817. The van der Waals surface area contributed by atoms with Gasteiger partial charge in [-0.05, 0) is 61.1 Å². The molecule has 0 radical (unpaired) electrons. The molecule has 2 aromatic carbocycles. The van der Waals surface area contributed by atoms with E-state index in [1.165, 1.54) is 24.0 Å². The van der Waals surface area contributed by atoms with Gasteiger partial charge in [0.05, 0.1) is 13.2 Å². The van der Waals surface area contributed by atoms with Crippen LogP contribution in [0.5, 0.6) is 5.75 Å². The van der Waals surface area contributed by atoms with Crippen molar-refractivity contribution in [3.63, 3.8) is 0 Å². The van der Waals surface area contributed by atoms with Gasteiger partial charge in [0.15, 0.2) is 0 Å². The molecule has 3 heteroatoms. The lowest BCUT2D eigenvalue weighted by Gasteiger charge is -2.22. The summed E-state index contributed by atoms with van der Waals surface area (Å²) in [5.74, 6) is 1.60. The first kappa shape index (κ1) is 14.3. The van der Waals surface area contributed by atoms with E-state index < -0.39 is 0 Å². The molecule has 1 N–H and O–H groups in total. The molecule has 110 valence electrons. The highest BCUT2D eigenvalue weighted by Gasteiger charge is 2.32. The highest BCUT2D eigenvalue weighted by atomic mass is 35.5. The molecule has 1 unspecified atom stereocenters. The van der Waals surface area contributed by atoms with Crippen molar-refractivity contribution in [2.75, 3.05) is 12.4 Å². The van der Waals surface area contributed by atoms with Crippen molar-refractivity contribution in [3.8, 4) is 5.75 Å². The van der Waals surface area contributed by atoms with Crippen molar-refractivity contribution >= 4 is 17.3 Å². The highest BCUT2D eigenvalue weighted by Crippen LogP contribution is 2.43. The molecule has 21 heavy (non-hydrogen) atoms. The largest absolute Gasteiger partial charge is 0.497 e. The molecule has 0 aliphatic heterocycles. The maximum Gasteiger partial charge on any atom is 0.118 e. The number of benzene rings is 2. The lowest BCUT2D eigenvalue weighted by molar-refractivity contribution is 0.414. The van der Waals surface area contributed by atoms with Gasteiger partial charge < -0.3 is 10.1 Å². The molecule has 1 aliphatic carbocycles. The molecular formula is C18H20ClNO. The number of ether oxygens (including phenoxy) is 1. The third kappa shape index (κ3) is 3.33. The van der Waals surface area contributed by atoms with Crippen LogP contribution < -0.4 is 10.1 Å². The van der Waals surface area contributed by atoms with E-state index in [2.05, 4.69) is 30.4 Å². The van der Waals surface area contributed by atoms with Crippen molar-refractivity contribution in [3.05, 3.63) is 58.6 Å². The third-order valence-electron chi connectivity index (χ3n) is 4.08. The van der Waals surface area contributed by atoms with Gasteiger partial charge in [0.25, 0.3) is 0 Å². The summed E-state index contributed by atoms with van der Waals surface area (Å²) in [5.41, 5.74) is 3.64. The average molecular weight is 302 g/mol. The van der Waals surface area contributed by atoms with Crippen molar-refractivity contribution in [1.82, 2.24) is 0 Å². The monoisotopic (exact) mass is 301 g/mol. The first-order valence-corrected chi connectivity index (χ1v) is 7.72. The zero-order valence-electron chi connectivity index (χ0n) is 12.4. The topological polar surface area (TPSA) is 21.3 Å². The van der Waals surface area contributed by atoms with E-state index in [4.69, 9.17) is 16.3 Å². The van der Waals surface area contributed by atoms with Crippen LogP contribution in [0.15, 0.2) is 42.5 Å². The second-order valence-corrected chi connectivity index (χ2v) is 6.13. The Hall–Kier alpha value is -1.67. The molecule has 1 aliphatic rings. The van der Waals surface area contributed by atoms with Gasteiger partial charge in [0, 0.05) is 10.7 Å². The van der Waals surface area contributed by atoms with E-state index in [0.717, 1.165) is 16.5 Å². The van der Waals surface area contributed by atoms with Crippen molar-refractivity contribution < 1.29 is 4.74 Å². The number of hydrogen-bond donors (Lipinski definition) is 1.